The fourth-order valence-electron chi connectivity index (χ4n) is 2.51. The number of nitrogens with one attached hydrogen (secondary N) is 2. The number of halogens is 1. The van der Waals surface area contributed by atoms with E-state index >= 15 is 0 Å². The third kappa shape index (κ3) is 5.95. The number of guanidine groups is 1. The molecule has 0 bridgehead atoms. The second-order valence-electron chi connectivity index (χ2n) is 5.91. The van der Waals surface area contributed by atoms with E-state index in [1.165, 1.54) is 6.42 Å². The van der Waals surface area contributed by atoms with Crippen molar-refractivity contribution in [3.05, 3.63) is 54.0 Å². The molecule has 1 saturated carbocycles. The van der Waals surface area contributed by atoms with Crippen molar-refractivity contribution in [2.75, 3.05) is 6.54 Å². The van der Waals surface area contributed by atoms with Crippen LogP contribution < -0.4 is 15.4 Å². The number of para-hydroxylation sites is 1. The van der Waals surface area contributed by atoms with Gasteiger partial charge in [-0.1, -0.05) is 18.2 Å². The predicted molar refractivity (Wildman–Crippen MR) is 110 cm³/mol. The van der Waals surface area contributed by atoms with Gasteiger partial charge in [-0.05, 0) is 44.4 Å². The molecule has 1 aliphatic carbocycles. The molecule has 0 saturated heterocycles. The first kappa shape index (κ1) is 19.6. The summed E-state index contributed by atoms with van der Waals surface area (Å²) in [5.74, 6) is 2.61. The van der Waals surface area contributed by atoms with Gasteiger partial charge in [-0.15, -0.1) is 24.0 Å². The summed E-state index contributed by atoms with van der Waals surface area (Å²) in [7, 11) is 0. The van der Waals surface area contributed by atoms with Gasteiger partial charge < -0.3 is 19.8 Å². The van der Waals surface area contributed by atoms with E-state index in [4.69, 9.17) is 9.15 Å². The number of hydrogen-bond donors (Lipinski definition) is 2. The van der Waals surface area contributed by atoms with E-state index in [1.807, 2.05) is 30.3 Å². The average molecular weight is 455 g/mol. The van der Waals surface area contributed by atoms with Crippen molar-refractivity contribution in [2.45, 2.75) is 45.4 Å². The molecule has 0 aliphatic heterocycles. The summed E-state index contributed by atoms with van der Waals surface area (Å²) < 4.78 is 11.4. The molecule has 6 heteroatoms. The highest BCUT2D eigenvalue weighted by molar-refractivity contribution is 14.0. The summed E-state index contributed by atoms with van der Waals surface area (Å²) in [6.45, 7) is 4.05. The molecule has 0 unspecified atom stereocenters. The van der Waals surface area contributed by atoms with E-state index in [9.17, 15) is 0 Å². The molecule has 0 atom stereocenters. The van der Waals surface area contributed by atoms with Crippen LogP contribution in [0.2, 0.25) is 0 Å². The predicted octanol–water partition coefficient (Wildman–Crippen LogP) is 4.08. The quantitative estimate of drug-likeness (QED) is 0.375. The van der Waals surface area contributed by atoms with Crippen LogP contribution in [-0.4, -0.2) is 18.6 Å². The smallest absolute Gasteiger partial charge is 0.191 e. The molecule has 2 aromatic rings. The van der Waals surface area contributed by atoms with Crippen LogP contribution in [0.5, 0.6) is 5.75 Å². The van der Waals surface area contributed by atoms with E-state index in [0.29, 0.717) is 19.2 Å². The number of rotatable bonds is 7. The van der Waals surface area contributed by atoms with Gasteiger partial charge in [0.2, 0.25) is 0 Å². The molecule has 25 heavy (non-hydrogen) atoms. The van der Waals surface area contributed by atoms with Crippen LogP contribution in [0.15, 0.2) is 52.1 Å². The van der Waals surface area contributed by atoms with E-state index in [0.717, 1.165) is 42.4 Å². The lowest BCUT2D eigenvalue weighted by Gasteiger charge is -2.27. The Morgan fingerprint density at radius 3 is 2.72 bits per heavy atom. The van der Waals surface area contributed by atoms with Gasteiger partial charge in [0.15, 0.2) is 5.96 Å². The first-order valence-electron chi connectivity index (χ1n) is 8.64. The lowest BCUT2D eigenvalue weighted by Crippen LogP contribution is -2.36. The maximum absolute atomic E-state index is 6.07. The summed E-state index contributed by atoms with van der Waals surface area (Å²) in [6.07, 6.45) is 5.64. The zero-order valence-corrected chi connectivity index (χ0v) is 16.9. The topological polar surface area (TPSA) is 58.8 Å². The number of furan rings is 1. The summed E-state index contributed by atoms with van der Waals surface area (Å²) in [6, 6.07) is 12.0. The Kier molecular flexibility index (Phi) is 8.11. The molecule has 1 aromatic heterocycles. The number of benzene rings is 1. The van der Waals surface area contributed by atoms with Crippen LogP contribution >= 0.6 is 24.0 Å². The Bertz CT molecular complexity index is 654. The maximum atomic E-state index is 6.07. The van der Waals surface area contributed by atoms with E-state index in [2.05, 4.69) is 28.6 Å². The van der Waals surface area contributed by atoms with Crippen molar-refractivity contribution < 1.29 is 9.15 Å². The van der Waals surface area contributed by atoms with Crippen LogP contribution in [0.25, 0.3) is 0 Å². The molecule has 0 amide bonds. The fourth-order valence-corrected chi connectivity index (χ4v) is 2.51. The van der Waals surface area contributed by atoms with E-state index < -0.39 is 0 Å². The molecule has 1 fully saturated rings. The zero-order chi connectivity index (χ0) is 16.6. The van der Waals surface area contributed by atoms with Crippen LogP contribution in [-0.2, 0) is 13.1 Å². The Balaban J connectivity index is 0.00000225. The monoisotopic (exact) mass is 455 g/mol. The lowest BCUT2D eigenvalue weighted by molar-refractivity contribution is 0.119. The van der Waals surface area contributed by atoms with Gasteiger partial charge >= 0.3 is 0 Å². The zero-order valence-electron chi connectivity index (χ0n) is 14.5. The average Bonchev–Trinajstić information content (AvgIpc) is 3.08. The van der Waals surface area contributed by atoms with Gasteiger partial charge in [-0.2, -0.15) is 0 Å². The first-order chi connectivity index (χ1) is 11.8. The van der Waals surface area contributed by atoms with Crippen LogP contribution in [0.3, 0.4) is 0 Å². The highest BCUT2D eigenvalue weighted by Gasteiger charge is 2.20. The number of ether oxygens (including phenoxy) is 1. The number of nitrogens with zero attached hydrogens (tertiary/aromatic N) is 1. The summed E-state index contributed by atoms with van der Waals surface area (Å²) >= 11 is 0. The molecule has 0 spiro atoms. The van der Waals surface area contributed by atoms with Crippen molar-refractivity contribution in [3.8, 4) is 5.75 Å². The van der Waals surface area contributed by atoms with Crippen molar-refractivity contribution in [1.82, 2.24) is 10.6 Å². The molecule has 3 rings (SSSR count). The molecule has 1 heterocycles. The standard InChI is InChI=1S/C19H25N3O2.HI/c1-2-20-19(22-14-17-10-6-12-23-17)21-13-15-7-3-4-11-18(15)24-16-8-5-9-16;/h3-4,6-7,10-12,16H,2,5,8-9,13-14H2,1H3,(H2,20,21,22);1H. The van der Waals surface area contributed by atoms with Gasteiger partial charge in [0.05, 0.1) is 25.5 Å². The SMILES string of the molecule is CCNC(=NCc1ccccc1OC1CCC1)NCc1ccco1.I. The van der Waals surface area contributed by atoms with Gasteiger partial charge in [0, 0.05) is 12.1 Å². The van der Waals surface area contributed by atoms with Crippen molar-refractivity contribution in [3.63, 3.8) is 0 Å². The lowest BCUT2D eigenvalue weighted by atomic mass is 9.96. The van der Waals surface area contributed by atoms with Gasteiger partial charge in [0.25, 0.3) is 0 Å². The van der Waals surface area contributed by atoms with Crippen LogP contribution in [0.1, 0.15) is 37.5 Å². The molecular formula is C19H26IN3O2. The fraction of sp³-hybridized carbons (Fsp3) is 0.421. The minimum absolute atomic E-state index is 0. The van der Waals surface area contributed by atoms with Crippen molar-refractivity contribution in [1.29, 1.82) is 0 Å². The van der Waals surface area contributed by atoms with Gasteiger partial charge in [-0.25, -0.2) is 4.99 Å². The van der Waals surface area contributed by atoms with Crippen molar-refractivity contribution >= 4 is 29.9 Å². The number of hydrogen-bond acceptors (Lipinski definition) is 3. The highest BCUT2D eigenvalue weighted by Crippen LogP contribution is 2.27. The molecule has 5 nitrogen and oxygen atoms in total. The number of aliphatic imine (C=N–C) groups is 1. The minimum atomic E-state index is 0. The second-order valence-corrected chi connectivity index (χ2v) is 5.91. The van der Waals surface area contributed by atoms with E-state index in [1.54, 1.807) is 6.26 Å². The first-order valence-corrected chi connectivity index (χ1v) is 8.64. The second kappa shape index (κ2) is 10.3. The van der Waals surface area contributed by atoms with Crippen molar-refractivity contribution in [2.24, 2.45) is 4.99 Å². The van der Waals surface area contributed by atoms with Gasteiger partial charge in [0.1, 0.15) is 11.5 Å². The molecule has 1 aliphatic rings. The molecule has 0 radical (unpaired) electrons. The largest absolute Gasteiger partial charge is 0.490 e. The Morgan fingerprint density at radius 1 is 1.20 bits per heavy atom. The summed E-state index contributed by atoms with van der Waals surface area (Å²) in [4.78, 5) is 4.67. The Hall–Kier alpha value is -1.70. The third-order valence-corrected chi connectivity index (χ3v) is 4.08. The summed E-state index contributed by atoms with van der Waals surface area (Å²) in [5, 5.41) is 6.53. The molecular weight excluding hydrogens is 429 g/mol. The normalized spacial score (nSPS) is 14.4. The van der Waals surface area contributed by atoms with E-state index in [-0.39, 0.29) is 24.0 Å². The highest BCUT2D eigenvalue weighted by atomic mass is 127. The third-order valence-electron chi connectivity index (χ3n) is 4.08. The van der Waals surface area contributed by atoms with Crippen LogP contribution in [0.4, 0.5) is 0 Å². The minimum Gasteiger partial charge on any atom is -0.490 e. The summed E-state index contributed by atoms with van der Waals surface area (Å²) in [5.41, 5.74) is 1.11. The van der Waals surface area contributed by atoms with Crippen LogP contribution in [0, 0.1) is 0 Å². The maximum Gasteiger partial charge on any atom is 0.191 e. The van der Waals surface area contributed by atoms with Gasteiger partial charge in [-0.3, -0.25) is 0 Å². The molecule has 2 N–H and O–H groups in total. The molecule has 1 aromatic carbocycles. The Labute approximate surface area is 166 Å². The Morgan fingerprint density at radius 2 is 2.04 bits per heavy atom. The molecule has 136 valence electrons.